The van der Waals surface area contributed by atoms with E-state index in [1.54, 1.807) is 26.0 Å². The summed E-state index contributed by atoms with van der Waals surface area (Å²) in [6, 6.07) is 4.64. The number of carbonyl (C=O) groups is 3. The zero-order chi connectivity index (χ0) is 23.1. The third-order valence-electron chi connectivity index (χ3n) is 5.37. The molecule has 2 unspecified atom stereocenters. The number of benzene rings is 1. The summed E-state index contributed by atoms with van der Waals surface area (Å²) in [5.74, 6) is -2.74. The zero-order valence-corrected chi connectivity index (χ0v) is 19.1. The van der Waals surface area contributed by atoms with E-state index in [2.05, 4.69) is 10.3 Å². The predicted octanol–water partition coefficient (Wildman–Crippen LogP) is 4.70. The molecule has 0 saturated heterocycles. The highest BCUT2D eigenvalue weighted by atomic mass is 35.5. The highest BCUT2D eigenvalue weighted by molar-refractivity contribution is 6.30. The van der Waals surface area contributed by atoms with Crippen LogP contribution in [-0.4, -0.2) is 28.0 Å². The van der Waals surface area contributed by atoms with E-state index in [9.17, 15) is 18.8 Å². The highest BCUT2D eigenvalue weighted by Crippen LogP contribution is 2.38. The van der Waals surface area contributed by atoms with E-state index in [-0.39, 0.29) is 41.0 Å². The van der Waals surface area contributed by atoms with Crippen molar-refractivity contribution in [1.82, 2.24) is 10.3 Å². The average molecular weight is 445 g/mol. The van der Waals surface area contributed by atoms with E-state index in [1.807, 2.05) is 20.8 Å². The average Bonchev–Trinajstić information content (AvgIpc) is 2.87. The van der Waals surface area contributed by atoms with Crippen molar-refractivity contribution in [2.75, 3.05) is 0 Å². The van der Waals surface area contributed by atoms with Crippen LogP contribution in [-0.2, 0) is 14.4 Å². The summed E-state index contributed by atoms with van der Waals surface area (Å²) in [7, 11) is 0. The Labute approximate surface area is 186 Å². The number of halogens is 2. The minimum absolute atomic E-state index is 0.00553. The molecule has 0 aliphatic heterocycles. The second kappa shape index (κ2) is 8.50. The molecule has 2 aromatic rings. The summed E-state index contributed by atoms with van der Waals surface area (Å²) in [6.07, 6.45) is 1.42. The molecule has 1 fully saturated rings. The van der Waals surface area contributed by atoms with Gasteiger partial charge in [-0.1, -0.05) is 11.6 Å². The number of nitrogens with one attached hydrogen (secondary N) is 1. The maximum Gasteiger partial charge on any atom is 0.221 e. The van der Waals surface area contributed by atoms with Crippen LogP contribution in [0.4, 0.5) is 4.39 Å². The number of nitrogens with zero attached hydrogens (tertiary/aromatic N) is 1. The zero-order valence-electron chi connectivity index (χ0n) is 18.3. The minimum atomic E-state index is -0.899. The molecule has 7 heteroatoms. The Hall–Kier alpha value is -2.60. The van der Waals surface area contributed by atoms with E-state index < -0.39 is 23.2 Å². The van der Waals surface area contributed by atoms with E-state index in [1.165, 1.54) is 12.3 Å². The molecule has 31 heavy (non-hydrogen) atoms. The fraction of sp³-hybridized carbons (Fsp3) is 0.417. The van der Waals surface area contributed by atoms with E-state index in [0.29, 0.717) is 22.3 Å². The lowest BCUT2D eigenvalue weighted by molar-refractivity contribution is -0.129. The van der Waals surface area contributed by atoms with Gasteiger partial charge in [-0.2, -0.15) is 0 Å². The lowest BCUT2D eigenvalue weighted by atomic mass is 9.85. The Morgan fingerprint density at radius 3 is 2.35 bits per heavy atom. The second-order valence-corrected chi connectivity index (χ2v) is 9.65. The first-order valence-electron chi connectivity index (χ1n) is 10.2. The van der Waals surface area contributed by atoms with Gasteiger partial charge in [0.1, 0.15) is 17.4 Å². The molecule has 164 valence electrons. The fourth-order valence-electron chi connectivity index (χ4n) is 4.22. The van der Waals surface area contributed by atoms with Gasteiger partial charge >= 0.3 is 0 Å². The molecule has 1 heterocycles. The van der Waals surface area contributed by atoms with Crippen molar-refractivity contribution >= 4 is 29.1 Å². The van der Waals surface area contributed by atoms with Gasteiger partial charge in [-0.25, -0.2) is 4.39 Å². The van der Waals surface area contributed by atoms with Crippen LogP contribution in [0.3, 0.4) is 0 Å². The van der Waals surface area contributed by atoms with Crippen molar-refractivity contribution in [3.05, 3.63) is 51.9 Å². The number of pyridine rings is 1. The van der Waals surface area contributed by atoms with E-state index in [0.717, 1.165) is 0 Å². The van der Waals surface area contributed by atoms with Crippen molar-refractivity contribution in [3.63, 3.8) is 0 Å². The first kappa shape index (κ1) is 23.1. The van der Waals surface area contributed by atoms with E-state index in [4.69, 9.17) is 11.6 Å². The number of carbonyl (C=O) groups excluding carboxylic acids is 3. The van der Waals surface area contributed by atoms with Crippen LogP contribution in [0.2, 0.25) is 5.02 Å². The van der Waals surface area contributed by atoms with Crippen molar-refractivity contribution in [1.29, 1.82) is 0 Å². The molecule has 1 amide bonds. The number of hydrogen-bond donors (Lipinski definition) is 1. The topological polar surface area (TPSA) is 76.1 Å². The maximum absolute atomic E-state index is 14.3. The van der Waals surface area contributed by atoms with Gasteiger partial charge in [-0.15, -0.1) is 0 Å². The molecule has 1 aromatic carbocycles. The SMILES string of the molecule is Cc1cc(-c2ncc(Cl)cc2F)cc(C)c1C1C(=O)CC(CC(=O)NC(C)(C)C)C1=O. The molecule has 0 spiro atoms. The Morgan fingerprint density at radius 2 is 1.81 bits per heavy atom. The Bertz CT molecular complexity index is 1050. The summed E-state index contributed by atoms with van der Waals surface area (Å²) in [6.45, 7) is 9.17. The van der Waals surface area contributed by atoms with Crippen LogP contribution in [0, 0.1) is 25.6 Å². The smallest absolute Gasteiger partial charge is 0.221 e. The van der Waals surface area contributed by atoms with Crippen LogP contribution < -0.4 is 5.32 Å². The van der Waals surface area contributed by atoms with Gasteiger partial charge in [0, 0.05) is 36.1 Å². The molecule has 1 aromatic heterocycles. The molecule has 1 saturated carbocycles. The van der Waals surface area contributed by atoms with E-state index >= 15 is 0 Å². The number of rotatable bonds is 4. The molecule has 2 atom stereocenters. The van der Waals surface area contributed by atoms with Crippen LogP contribution in [0.25, 0.3) is 11.3 Å². The molecule has 1 aliphatic rings. The summed E-state index contributed by atoms with van der Waals surface area (Å²) in [4.78, 5) is 42.2. The summed E-state index contributed by atoms with van der Waals surface area (Å²) < 4.78 is 14.3. The molecular weight excluding hydrogens is 419 g/mol. The molecule has 5 nitrogen and oxygen atoms in total. The van der Waals surface area contributed by atoms with Gasteiger partial charge < -0.3 is 5.32 Å². The number of Topliss-reactive ketones (excluding diaryl/α,β-unsaturated/α-hetero) is 2. The number of ketones is 2. The maximum atomic E-state index is 14.3. The molecule has 1 N–H and O–H groups in total. The number of aryl methyl sites for hydroxylation is 2. The van der Waals surface area contributed by atoms with Gasteiger partial charge in [0.05, 0.1) is 5.02 Å². The normalized spacial score (nSPS) is 19.1. The van der Waals surface area contributed by atoms with Gasteiger partial charge in [-0.05, 0) is 69.5 Å². The van der Waals surface area contributed by atoms with Crippen molar-refractivity contribution < 1.29 is 18.8 Å². The Balaban J connectivity index is 1.89. The highest BCUT2D eigenvalue weighted by Gasteiger charge is 2.44. The molecule has 0 radical (unpaired) electrons. The molecule has 1 aliphatic carbocycles. The minimum Gasteiger partial charge on any atom is -0.351 e. The van der Waals surface area contributed by atoms with Crippen LogP contribution >= 0.6 is 11.6 Å². The number of amides is 1. The summed E-state index contributed by atoms with van der Waals surface area (Å²) in [5.41, 5.74) is 2.34. The number of hydrogen-bond acceptors (Lipinski definition) is 4. The monoisotopic (exact) mass is 444 g/mol. The first-order valence-corrected chi connectivity index (χ1v) is 10.5. The second-order valence-electron chi connectivity index (χ2n) is 9.21. The van der Waals surface area contributed by atoms with Crippen LogP contribution in [0.1, 0.15) is 56.2 Å². The Morgan fingerprint density at radius 1 is 1.19 bits per heavy atom. The van der Waals surface area contributed by atoms with Gasteiger partial charge in [0.2, 0.25) is 5.91 Å². The van der Waals surface area contributed by atoms with Crippen molar-refractivity contribution in [3.8, 4) is 11.3 Å². The summed E-state index contributed by atoms with van der Waals surface area (Å²) in [5, 5.41) is 3.04. The van der Waals surface area contributed by atoms with Gasteiger partial charge in [-0.3, -0.25) is 19.4 Å². The Kier molecular flexibility index (Phi) is 6.33. The standard InChI is InChI=1S/C24H26ClFN2O3/c1-12-6-14(22-17(26)10-16(25)11-27-22)7-13(2)20(12)21-18(29)8-15(23(21)31)9-19(30)28-24(3,4)5/h6-7,10-11,15,21H,8-9H2,1-5H3,(H,28,30). The summed E-state index contributed by atoms with van der Waals surface area (Å²) >= 11 is 5.79. The molecule has 3 rings (SSSR count). The third kappa shape index (κ3) is 5.01. The number of aromatic nitrogens is 1. The lowest BCUT2D eigenvalue weighted by Crippen LogP contribution is -2.41. The quantitative estimate of drug-likeness (QED) is 0.693. The lowest BCUT2D eigenvalue weighted by Gasteiger charge is -2.21. The third-order valence-corrected chi connectivity index (χ3v) is 5.57. The van der Waals surface area contributed by atoms with Crippen LogP contribution in [0.15, 0.2) is 24.4 Å². The molecule has 0 bridgehead atoms. The largest absolute Gasteiger partial charge is 0.351 e. The van der Waals surface area contributed by atoms with Crippen LogP contribution in [0.5, 0.6) is 0 Å². The van der Waals surface area contributed by atoms with Gasteiger partial charge in [0.15, 0.2) is 11.6 Å². The predicted molar refractivity (Wildman–Crippen MR) is 117 cm³/mol. The molecular formula is C24H26ClFN2O3. The van der Waals surface area contributed by atoms with Gasteiger partial charge in [0.25, 0.3) is 0 Å². The fourth-order valence-corrected chi connectivity index (χ4v) is 4.36. The van der Waals surface area contributed by atoms with Crippen molar-refractivity contribution in [2.24, 2.45) is 5.92 Å². The first-order chi connectivity index (χ1) is 14.4. The van der Waals surface area contributed by atoms with Crippen molar-refractivity contribution in [2.45, 2.75) is 58.9 Å².